The number of anilines is 1. The highest BCUT2D eigenvalue weighted by Gasteiger charge is 2.43. The fourth-order valence-electron chi connectivity index (χ4n) is 2.92. The molecule has 19 heavy (non-hydrogen) atoms. The smallest absolute Gasteiger partial charge is 0.252 e. The average molecular weight is 263 g/mol. The molecule has 1 aliphatic carbocycles. The fraction of sp³-hybridized carbons (Fsp3) is 0.615. The van der Waals surface area contributed by atoms with Crippen molar-refractivity contribution in [1.29, 1.82) is 0 Å². The third kappa shape index (κ3) is 2.22. The number of aryl methyl sites for hydroxylation is 1. The van der Waals surface area contributed by atoms with Crippen LogP contribution in [0.5, 0.6) is 0 Å². The van der Waals surface area contributed by atoms with Crippen molar-refractivity contribution in [1.82, 2.24) is 10.1 Å². The minimum Gasteiger partial charge on any atom is -0.360 e. The van der Waals surface area contributed by atoms with E-state index < -0.39 is 6.04 Å². The third-order valence-electron chi connectivity index (χ3n) is 3.82. The molecule has 1 aromatic rings. The van der Waals surface area contributed by atoms with Crippen molar-refractivity contribution < 1.29 is 14.1 Å². The molecule has 2 aliphatic rings. The molecule has 3 rings (SSSR count). The van der Waals surface area contributed by atoms with E-state index in [2.05, 4.69) is 10.5 Å². The Balaban J connectivity index is 1.71. The number of carbonyl (C=O) groups is 2. The van der Waals surface area contributed by atoms with Crippen LogP contribution in [-0.4, -0.2) is 34.0 Å². The van der Waals surface area contributed by atoms with Crippen LogP contribution in [0.3, 0.4) is 0 Å². The summed E-state index contributed by atoms with van der Waals surface area (Å²) in [6.45, 7) is 1.78. The Morgan fingerprint density at radius 1 is 1.37 bits per heavy atom. The van der Waals surface area contributed by atoms with Gasteiger partial charge in [-0.3, -0.25) is 14.5 Å². The van der Waals surface area contributed by atoms with Crippen LogP contribution in [0.2, 0.25) is 0 Å². The van der Waals surface area contributed by atoms with E-state index in [1.54, 1.807) is 13.0 Å². The van der Waals surface area contributed by atoms with Crippen molar-refractivity contribution in [2.24, 2.45) is 0 Å². The molecular formula is C13H17N3O3. The minimum atomic E-state index is -0.502. The molecule has 0 spiro atoms. The van der Waals surface area contributed by atoms with Crippen LogP contribution in [0.15, 0.2) is 10.6 Å². The Morgan fingerprint density at radius 2 is 2.11 bits per heavy atom. The summed E-state index contributed by atoms with van der Waals surface area (Å²) in [5.41, 5.74) is 0. The number of hydrogen-bond acceptors (Lipinski definition) is 5. The monoisotopic (exact) mass is 263 g/mol. The van der Waals surface area contributed by atoms with Crippen LogP contribution in [0, 0.1) is 6.92 Å². The largest absolute Gasteiger partial charge is 0.360 e. The molecule has 1 unspecified atom stereocenters. The van der Waals surface area contributed by atoms with E-state index in [4.69, 9.17) is 4.52 Å². The highest BCUT2D eigenvalue weighted by molar-refractivity contribution is 6.07. The van der Waals surface area contributed by atoms with Crippen LogP contribution < -0.4 is 5.32 Å². The first kappa shape index (κ1) is 12.2. The maximum atomic E-state index is 12.3. The molecule has 2 heterocycles. The van der Waals surface area contributed by atoms with Gasteiger partial charge >= 0.3 is 0 Å². The molecule has 6 heteroatoms. The predicted molar refractivity (Wildman–Crippen MR) is 67.4 cm³/mol. The first-order chi connectivity index (χ1) is 9.15. The zero-order chi connectivity index (χ0) is 13.4. The molecule has 2 amide bonds. The van der Waals surface area contributed by atoms with Crippen LogP contribution >= 0.6 is 0 Å². The molecular weight excluding hydrogens is 246 g/mol. The number of nitrogens with zero attached hydrogens (tertiary/aromatic N) is 2. The van der Waals surface area contributed by atoms with Gasteiger partial charge in [-0.15, -0.1) is 0 Å². The van der Waals surface area contributed by atoms with E-state index in [0.29, 0.717) is 11.6 Å². The summed E-state index contributed by atoms with van der Waals surface area (Å²) in [6, 6.07) is 1.32. The van der Waals surface area contributed by atoms with Crippen LogP contribution in [0.25, 0.3) is 0 Å². The maximum absolute atomic E-state index is 12.3. The average Bonchev–Trinajstić information content (AvgIpc) is 3.04. The molecule has 0 aromatic carbocycles. The van der Waals surface area contributed by atoms with Crippen molar-refractivity contribution in [3.8, 4) is 0 Å². The normalized spacial score (nSPS) is 24.5. The Labute approximate surface area is 111 Å². The van der Waals surface area contributed by atoms with Gasteiger partial charge in [0, 0.05) is 12.1 Å². The summed E-state index contributed by atoms with van der Waals surface area (Å²) in [4.78, 5) is 25.8. The Kier molecular flexibility index (Phi) is 3.00. The fourth-order valence-corrected chi connectivity index (χ4v) is 2.92. The van der Waals surface area contributed by atoms with E-state index in [9.17, 15) is 9.59 Å². The van der Waals surface area contributed by atoms with Crippen LogP contribution in [0.4, 0.5) is 5.82 Å². The Hall–Kier alpha value is -1.85. The highest BCUT2D eigenvalue weighted by atomic mass is 16.5. The summed E-state index contributed by atoms with van der Waals surface area (Å²) in [6.07, 6.45) is 4.28. The van der Waals surface area contributed by atoms with Gasteiger partial charge in [-0.05, 0) is 19.8 Å². The highest BCUT2D eigenvalue weighted by Crippen LogP contribution is 2.29. The molecule has 6 nitrogen and oxygen atoms in total. The number of nitrogens with one attached hydrogen (secondary N) is 1. The molecule has 1 aliphatic heterocycles. The zero-order valence-electron chi connectivity index (χ0n) is 10.9. The van der Waals surface area contributed by atoms with Gasteiger partial charge in [0.1, 0.15) is 11.8 Å². The summed E-state index contributed by atoms with van der Waals surface area (Å²) in [7, 11) is 0. The summed E-state index contributed by atoms with van der Waals surface area (Å²) in [5.74, 6) is 0.982. The Bertz CT molecular complexity index is 505. The van der Waals surface area contributed by atoms with E-state index >= 15 is 0 Å². The van der Waals surface area contributed by atoms with Gasteiger partial charge in [-0.1, -0.05) is 18.0 Å². The summed E-state index contributed by atoms with van der Waals surface area (Å²) >= 11 is 0. The number of carbonyl (C=O) groups excluding carboxylic acids is 2. The Morgan fingerprint density at radius 3 is 2.74 bits per heavy atom. The standard InChI is InChI=1S/C13H17N3O3/c1-8-6-11(15-19-8)14-10-7-12(17)16(13(10)18)9-4-2-3-5-9/h6,9-10H,2-5,7H2,1H3,(H,14,15). The molecule has 1 saturated carbocycles. The molecule has 102 valence electrons. The van der Waals surface area contributed by atoms with Gasteiger partial charge in [0.2, 0.25) is 5.91 Å². The van der Waals surface area contributed by atoms with Gasteiger partial charge in [0.15, 0.2) is 5.82 Å². The third-order valence-corrected chi connectivity index (χ3v) is 3.82. The summed E-state index contributed by atoms with van der Waals surface area (Å²) in [5, 5.41) is 6.77. The predicted octanol–water partition coefficient (Wildman–Crippen LogP) is 1.47. The molecule has 1 saturated heterocycles. The summed E-state index contributed by atoms with van der Waals surface area (Å²) < 4.78 is 4.94. The van der Waals surface area contributed by atoms with Crippen molar-refractivity contribution >= 4 is 17.6 Å². The SMILES string of the molecule is Cc1cc(NC2CC(=O)N(C3CCCC3)C2=O)no1. The molecule has 2 fully saturated rings. The molecule has 1 atom stereocenters. The molecule has 0 bridgehead atoms. The lowest BCUT2D eigenvalue weighted by molar-refractivity contribution is -0.141. The van der Waals surface area contributed by atoms with Crippen molar-refractivity contribution in [3.05, 3.63) is 11.8 Å². The van der Waals surface area contributed by atoms with Gasteiger partial charge in [0.05, 0.1) is 6.42 Å². The van der Waals surface area contributed by atoms with E-state index in [-0.39, 0.29) is 24.3 Å². The van der Waals surface area contributed by atoms with Crippen molar-refractivity contribution in [3.63, 3.8) is 0 Å². The number of rotatable bonds is 3. The van der Waals surface area contributed by atoms with Crippen molar-refractivity contribution in [2.45, 2.75) is 51.1 Å². The van der Waals surface area contributed by atoms with Crippen LogP contribution in [-0.2, 0) is 9.59 Å². The minimum absolute atomic E-state index is 0.0744. The lowest BCUT2D eigenvalue weighted by Crippen LogP contribution is -2.41. The molecule has 1 N–H and O–H groups in total. The second kappa shape index (κ2) is 4.68. The topological polar surface area (TPSA) is 75.4 Å². The van der Waals surface area contributed by atoms with E-state index in [1.165, 1.54) is 4.90 Å². The zero-order valence-corrected chi connectivity index (χ0v) is 10.9. The molecule has 1 aromatic heterocycles. The van der Waals surface area contributed by atoms with Gasteiger partial charge in [-0.2, -0.15) is 0 Å². The van der Waals surface area contributed by atoms with Gasteiger partial charge < -0.3 is 9.84 Å². The van der Waals surface area contributed by atoms with E-state index in [0.717, 1.165) is 25.7 Å². The number of hydrogen-bond donors (Lipinski definition) is 1. The number of aromatic nitrogens is 1. The first-order valence-electron chi connectivity index (χ1n) is 6.71. The maximum Gasteiger partial charge on any atom is 0.252 e. The second-order valence-electron chi connectivity index (χ2n) is 5.26. The number of imide groups is 1. The quantitative estimate of drug-likeness (QED) is 0.836. The number of amides is 2. The molecule has 0 radical (unpaired) electrons. The van der Waals surface area contributed by atoms with Crippen molar-refractivity contribution in [2.75, 3.05) is 5.32 Å². The number of likely N-dealkylation sites (tertiary alicyclic amines) is 1. The lowest BCUT2D eigenvalue weighted by Gasteiger charge is -2.22. The lowest BCUT2D eigenvalue weighted by atomic mass is 10.2. The second-order valence-corrected chi connectivity index (χ2v) is 5.26. The van der Waals surface area contributed by atoms with E-state index in [1.807, 2.05) is 0 Å². The van der Waals surface area contributed by atoms with Gasteiger partial charge in [0.25, 0.3) is 5.91 Å². The van der Waals surface area contributed by atoms with Crippen LogP contribution in [0.1, 0.15) is 37.9 Å². The first-order valence-corrected chi connectivity index (χ1v) is 6.71. The van der Waals surface area contributed by atoms with Gasteiger partial charge in [-0.25, -0.2) is 0 Å².